The minimum Gasteiger partial charge on any atom is -0.103 e. The Kier molecular flexibility index (Phi) is 1.09. The second-order valence-electron chi connectivity index (χ2n) is 4.71. The average Bonchev–Trinajstić information content (AvgIpc) is 2.43. The van der Waals surface area contributed by atoms with Gasteiger partial charge in [-0.05, 0) is 55.3 Å². The van der Waals surface area contributed by atoms with E-state index in [1.807, 2.05) is 0 Å². The van der Waals surface area contributed by atoms with E-state index >= 15 is 0 Å². The average molecular weight is 148 g/mol. The second-order valence-corrected chi connectivity index (χ2v) is 4.71. The third-order valence-corrected chi connectivity index (χ3v) is 4.50. The van der Waals surface area contributed by atoms with E-state index < -0.39 is 0 Å². The fraction of sp³-hybridized carbons (Fsp3) is 0.818. The van der Waals surface area contributed by atoms with Crippen molar-refractivity contribution in [2.45, 2.75) is 25.7 Å². The van der Waals surface area contributed by atoms with E-state index in [-0.39, 0.29) is 0 Å². The number of fused-ring (bicyclic) bond motifs is 5. The second kappa shape index (κ2) is 1.91. The van der Waals surface area contributed by atoms with E-state index in [0.717, 1.165) is 29.6 Å². The Bertz CT molecular complexity index is 192. The van der Waals surface area contributed by atoms with Crippen LogP contribution in [0.3, 0.4) is 0 Å². The first-order valence-electron chi connectivity index (χ1n) is 5.02. The molecule has 60 valence electrons. The fourth-order valence-corrected chi connectivity index (χ4v) is 4.00. The lowest BCUT2D eigenvalue weighted by Crippen LogP contribution is -2.39. The summed E-state index contributed by atoms with van der Waals surface area (Å²) in [5, 5.41) is 0. The van der Waals surface area contributed by atoms with Gasteiger partial charge in [-0.1, -0.05) is 6.08 Å². The zero-order valence-electron chi connectivity index (χ0n) is 7.00. The van der Waals surface area contributed by atoms with E-state index in [9.17, 15) is 0 Å². The summed E-state index contributed by atoms with van der Waals surface area (Å²) in [4.78, 5) is 0. The van der Waals surface area contributed by atoms with E-state index in [2.05, 4.69) is 12.7 Å². The van der Waals surface area contributed by atoms with Crippen molar-refractivity contribution in [1.82, 2.24) is 0 Å². The molecule has 0 saturated heterocycles. The Balaban J connectivity index is 1.85. The lowest BCUT2D eigenvalue weighted by Gasteiger charge is -2.46. The van der Waals surface area contributed by atoms with Crippen LogP contribution in [0.5, 0.6) is 0 Å². The van der Waals surface area contributed by atoms with Gasteiger partial charge in [0.2, 0.25) is 0 Å². The highest BCUT2D eigenvalue weighted by Gasteiger charge is 2.55. The van der Waals surface area contributed by atoms with Crippen LogP contribution < -0.4 is 0 Å². The summed E-state index contributed by atoms with van der Waals surface area (Å²) in [7, 11) is 0. The molecule has 3 rings (SSSR count). The molecule has 0 aliphatic heterocycles. The van der Waals surface area contributed by atoms with Crippen LogP contribution in [0.2, 0.25) is 0 Å². The molecule has 3 fully saturated rings. The minimum absolute atomic E-state index is 0.912. The Morgan fingerprint density at radius 3 is 2.64 bits per heavy atom. The molecular formula is C11H16. The zero-order valence-corrected chi connectivity index (χ0v) is 7.00. The normalized spacial score (nSPS) is 58.7. The summed E-state index contributed by atoms with van der Waals surface area (Å²) >= 11 is 0. The van der Waals surface area contributed by atoms with Crippen molar-refractivity contribution in [2.75, 3.05) is 0 Å². The van der Waals surface area contributed by atoms with Gasteiger partial charge in [0.1, 0.15) is 0 Å². The van der Waals surface area contributed by atoms with Crippen molar-refractivity contribution in [1.29, 1.82) is 0 Å². The number of hydrogen-bond donors (Lipinski definition) is 0. The smallest absolute Gasteiger partial charge is 0.0200 e. The van der Waals surface area contributed by atoms with Gasteiger partial charge in [0.05, 0.1) is 0 Å². The summed E-state index contributed by atoms with van der Waals surface area (Å²) < 4.78 is 0. The third kappa shape index (κ3) is 0.617. The Morgan fingerprint density at radius 2 is 1.91 bits per heavy atom. The van der Waals surface area contributed by atoms with Crippen LogP contribution >= 0.6 is 0 Å². The van der Waals surface area contributed by atoms with Gasteiger partial charge in [-0.15, -0.1) is 6.58 Å². The molecule has 0 nitrogen and oxygen atoms in total. The Morgan fingerprint density at radius 1 is 1.09 bits per heavy atom. The van der Waals surface area contributed by atoms with Gasteiger partial charge in [0, 0.05) is 0 Å². The van der Waals surface area contributed by atoms with Crippen LogP contribution in [-0.4, -0.2) is 0 Å². The summed E-state index contributed by atoms with van der Waals surface area (Å²) in [5.41, 5.74) is 0. The number of allylic oxidation sites excluding steroid dienone is 1. The molecule has 0 heterocycles. The molecule has 11 heavy (non-hydrogen) atoms. The summed E-state index contributed by atoms with van der Waals surface area (Å²) in [5.74, 6) is 5.39. The van der Waals surface area contributed by atoms with E-state index in [4.69, 9.17) is 0 Å². The van der Waals surface area contributed by atoms with Crippen LogP contribution in [0.1, 0.15) is 25.7 Å². The molecule has 0 aromatic rings. The predicted molar refractivity (Wildman–Crippen MR) is 46.1 cm³/mol. The van der Waals surface area contributed by atoms with Crippen LogP contribution in [-0.2, 0) is 0 Å². The first-order chi connectivity index (χ1) is 5.40. The Hall–Kier alpha value is -0.260. The summed E-state index contributed by atoms with van der Waals surface area (Å²) in [6.07, 6.45) is 8.35. The van der Waals surface area contributed by atoms with E-state index in [1.165, 1.54) is 12.8 Å². The predicted octanol–water partition coefficient (Wildman–Crippen LogP) is 2.85. The molecule has 0 heteroatoms. The molecule has 0 N–H and O–H groups in total. The quantitative estimate of drug-likeness (QED) is 0.502. The van der Waals surface area contributed by atoms with Crippen molar-refractivity contribution in [3.8, 4) is 0 Å². The monoisotopic (exact) mass is 148 g/mol. The molecular weight excluding hydrogens is 132 g/mol. The first-order valence-corrected chi connectivity index (χ1v) is 5.02. The van der Waals surface area contributed by atoms with Crippen molar-refractivity contribution in [2.24, 2.45) is 29.6 Å². The van der Waals surface area contributed by atoms with Gasteiger partial charge in [-0.3, -0.25) is 0 Å². The minimum atomic E-state index is 0.912. The number of rotatable bonds is 1. The van der Waals surface area contributed by atoms with Crippen molar-refractivity contribution in [3.63, 3.8) is 0 Å². The summed E-state index contributed by atoms with van der Waals surface area (Å²) in [6.45, 7) is 3.93. The molecule has 0 amide bonds. The van der Waals surface area contributed by atoms with E-state index in [1.54, 1.807) is 12.8 Å². The third-order valence-electron chi connectivity index (χ3n) is 4.50. The van der Waals surface area contributed by atoms with Gasteiger partial charge in [-0.2, -0.15) is 0 Å². The zero-order chi connectivity index (χ0) is 7.42. The van der Waals surface area contributed by atoms with Gasteiger partial charge in [0.25, 0.3) is 0 Å². The molecule has 0 radical (unpaired) electrons. The first kappa shape index (κ1) is 6.28. The lowest BCUT2D eigenvalue weighted by atomic mass is 9.59. The van der Waals surface area contributed by atoms with Crippen LogP contribution in [0.4, 0.5) is 0 Å². The lowest BCUT2D eigenvalue weighted by molar-refractivity contribution is 0.0498. The molecule has 3 saturated carbocycles. The highest BCUT2D eigenvalue weighted by molar-refractivity contribution is 5.09. The van der Waals surface area contributed by atoms with Crippen LogP contribution in [0.15, 0.2) is 12.7 Å². The molecule has 5 atom stereocenters. The summed E-state index contributed by atoms with van der Waals surface area (Å²) in [6, 6.07) is 0. The maximum Gasteiger partial charge on any atom is -0.0200 e. The molecule has 0 spiro atoms. The molecule has 5 unspecified atom stereocenters. The van der Waals surface area contributed by atoms with Gasteiger partial charge in [-0.25, -0.2) is 0 Å². The van der Waals surface area contributed by atoms with Gasteiger partial charge < -0.3 is 0 Å². The number of hydrogen-bond acceptors (Lipinski definition) is 0. The topological polar surface area (TPSA) is 0 Å². The van der Waals surface area contributed by atoms with Crippen LogP contribution in [0, 0.1) is 29.6 Å². The molecule has 2 bridgehead atoms. The van der Waals surface area contributed by atoms with Crippen molar-refractivity contribution in [3.05, 3.63) is 12.7 Å². The van der Waals surface area contributed by atoms with E-state index in [0.29, 0.717) is 0 Å². The standard InChI is InChI=1S/C11H16/c1-2-7-6-10-8-3-4-9(5-8)11(7)10/h2,7-11H,1,3-6H2. The SMILES string of the molecule is C=CC1CC2C3CCC(C3)C12. The molecule has 0 aromatic heterocycles. The highest BCUT2D eigenvalue weighted by Crippen LogP contribution is 2.63. The van der Waals surface area contributed by atoms with Gasteiger partial charge in [0.15, 0.2) is 0 Å². The fourth-order valence-electron chi connectivity index (χ4n) is 4.00. The Labute approximate surface area is 68.7 Å². The van der Waals surface area contributed by atoms with Crippen LogP contribution in [0.25, 0.3) is 0 Å². The highest BCUT2D eigenvalue weighted by atomic mass is 14.6. The molecule has 3 aliphatic carbocycles. The maximum absolute atomic E-state index is 3.93. The molecule has 0 aromatic carbocycles. The molecule has 3 aliphatic rings. The van der Waals surface area contributed by atoms with Crippen molar-refractivity contribution >= 4 is 0 Å². The maximum atomic E-state index is 3.93. The largest absolute Gasteiger partial charge is 0.103 e. The van der Waals surface area contributed by atoms with Crippen molar-refractivity contribution < 1.29 is 0 Å². The van der Waals surface area contributed by atoms with Gasteiger partial charge >= 0.3 is 0 Å².